The molecule has 1 aromatic rings. The van der Waals surface area contributed by atoms with Gasteiger partial charge in [-0.2, -0.15) is 0 Å². The number of aliphatic hydroxyl groups excluding tert-OH is 1. The Morgan fingerprint density at radius 1 is 1.28 bits per heavy atom. The molecule has 198 valence electrons. The molecule has 1 aromatic carbocycles. The van der Waals surface area contributed by atoms with Gasteiger partial charge in [-0.25, -0.2) is 9.18 Å². The van der Waals surface area contributed by atoms with Gasteiger partial charge in [0, 0.05) is 29.7 Å². The minimum Gasteiger partial charge on any atom is -0.449 e. The summed E-state index contributed by atoms with van der Waals surface area (Å²) in [6.07, 6.45) is 9.01. The number of aldehydes is 1. The molecule has 1 amide bonds. The minimum atomic E-state index is -0.594. The van der Waals surface area contributed by atoms with Crippen molar-refractivity contribution in [3.63, 3.8) is 0 Å². The number of rotatable bonds is 9. The van der Waals surface area contributed by atoms with Crippen molar-refractivity contribution in [3.8, 4) is 0 Å². The van der Waals surface area contributed by atoms with Gasteiger partial charge in [0.2, 0.25) is 0 Å². The number of hydrogen-bond acceptors (Lipinski definition) is 6. The summed E-state index contributed by atoms with van der Waals surface area (Å²) in [6.45, 7) is 4.16. The summed E-state index contributed by atoms with van der Waals surface area (Å²) in [7, 11) is 0. The first-order valence-electron chi connectivity index (χ1n) is 13.7. The third kappa shape index (κ3) is 5.12. The van der Waals surface area contributed by atoms with Crippen LogP contribution in [-0.4, -0.2) is 55.4 Å². The van der Waals surface area contributed by atoms with Crippen molar-refractivity contribution in [2.45, 2.75) is 76.4 Å². The zero-order valence-electron chi connectivity index (χ0n) is 21.3. The lowest BCUT2D eigenvalue weighted by molar-refractivity contribution is -0.118. The molecule has 1 aliphatic heterocycles. The van der Waals surface area contributed by atoms with Crippen LogP contribution in [0.2, 0.25) is 0 Å². The molecular formula is C28H40FN3O4. The number of carbonyl (C=O) groups is 2. The molecule has 8 heteroatoms. The number of carbonyl (C=O) groups excluding carboxylic acids is 2. The van der Waals surface area contributed by atoms with E-state index in [9.17, 15) is 14.7 Å². The maximum absolute atomic E-state index is 15.0. The second-order valence-electron chi connectivity index (χ2n) is 11.9. The lowest BCUT2D eigenvalue weighted by Crippen LogP contribution is -2.63. The van der Waals surface area contributed by atoms with Crippen molar-refractivity contribution in [2.75, 3.05) is 36.5 Å². The predicted molar refractivity (Wildman–Crippen MR) is 137 cm³/mol. The molecular weight excluding hydrogens is 461 g/mol. The second-order valence-corrected chi connectivity index (χ2v) is 11.9. The third-order valence-electron chi connectivity index (χ3n) is 9.18. The van der Waals surface area contributed by atoms with Crippen LogP contribution in [0.3, 0.4) is 0 Å². The van der Waals surface area contributed by atoms with Crippen LogP contribution in [0.25, 0.3) is 0 Å². The summed E-state index contributed by atoms with van der Waals surface area (Å²) < 4.78 is 20.0. The summed E-state index contributed by atoms with van der Waals surface area (Å²) in [5, 5.41) is 17.0. The average molecular weight is 502 g/mol. The summed E-state index contributed by atoms with van der Waals surface area (Å²) in [6, 6.07) is 4.65. The number of amides is 1. The van der Waals surface area contributed by atoms with Crippen LogP contribution < -0.4 is 15.5 Å². The van der Waals surface area contributed by atoms with Crippen molar-refractivity contribution in [1.82, 2.24) is 5.32 Å². The van der Waals surface area contributed by atoms with E-state index in [1.54, 1.807) is 12.1 Å². The van der Waals surface area contributed by atoms with Gasteiger partial charge in [-0.3, -0.25) is 5.32 Å². The Morgan fingerprint density at radius 3 is 2.75 bits per heavy atom. The molecule has 3 N–H and O–H groups in total. The van der Waals surface area contributed by atoms with Crippen molar-refractivity contribution < 1.29 is 23.8 Å². The van der Waals surface area contributed by atoms with Crippen LogP contribution in [0.5, 0.6) is 0 Å². The Kier molecular flexibility index (Phi) is 7.27. The Hall–Kier alpha value is -2.19. The lowest BCUT2D eigenvalue weighted by Gasteiger charge is -2.59. The molecule has 7 nitrogen and oxygen atoms in total. The van der Waals surface area contributed by atoms with E-state index >= 15 is 4.39 Å². The maximum atomic E-state index is 15.0. The molecule has 3 atom stereocenters. The molecule has 0 radical (unpaired) electrons. The highest BCUT2D eigenvalue weighted by Crippen LogP contribution is 2.55. The number of halogens is 1. The number of hydrogen-bond donors (Lipinski definition) is 3. The molecule has 1 heterocycles. The van der Waals surface area contributed by atoms with Crippen LogP contribution in [0.15, 0.2) is 18.2 Å². The molecule has 4 aliphatic carbocycles. The van der Waals surface area contributed by atoms with Gasteiger partial charge in [0.05, 0.1) is 18.4 Å². The Bertz CT molecular complexity index is 958. The highest BCUT2D eigenvalue weighted by Gasteiger charge is 2.54. The zero-order chi connectivity index (χ0) is 25.3. The quantitative estimate of drug-likeness (QED) is 0.432. The normalized spacial score (nSPS) is 35.0. The molecule has 0 aromatic heterocycles. The maximum Gasteiger partial charge on any atom is 0.411 e. The van der Waals surface area contributed by atoms with Gasteiger partial charge < -0.3 is 24.9 Å². The number of nitrogens with zero attached hydrogens (tertiary/aromatic N) is 1. The topological polar surface area (TPSA) is 90.9 Å². The lowest BCUT2D eigenvalue weighted by atomic mass is 9.51. The molecule has 4 bridgehead atoms. The van der Waals surface area contributed by atoms with Gasteiger partial charge in [0.1, 0.15) is 12.1 Å². The SMILES string of the molecule is CCCOC(=O)Nc1ccc(N2CCCC(C=O)(CCNC34CC5CC(C3)C(O)C(C5)C4)C2)c(F)c1. The van der Waals surface area contributed by atoms with E-state index < -0.39 is 17.3 Å². The van der Waals surface area contributed by atoms with E-state index in [1.807, 2.05) is 11.8 Å². The van der Waals surface area contributed by atoms with E-state index in [0.29, 0.717) is 42.9 Å². The van der Waals surface area contributed by atoms with Gasteiger partial charge in [-0.1, -0.05) is 6.92 Å². The van der Waals surface area contributed by atoms with E-state index in [1.165, 1.54) is 12.5 Å². The van der Waals surface area contributed by atoms with Gasteiger partial charge in [-0.15, -0.1) is 0 Å². The summed E-state index contributed by atoms with van der Waals surface area (Å²) in [5.41, 5.74) is 0.402. The standard InChI is InChI=1S/C28H40FN3O4/c1-2-10-36-26(35)31-22-4-5-24(23(29)13-22)32-9-3-6-27(17-32,18-33)7-8-30-28-14-19-11-20(15-28)25(34)21(12-19)16-28/h4-5,13,18-21,25,30,34H,2-3,6-12,14-17H2,1H3,(H,31,35). The fourth-order valence-electron chi connectivity index (χ4n) is 7.71. The molecule has 1 saturated heterocycles. The first-order valence-corrected chi connectivity index (χ1v) is 13.7. The number of benzene rings is 1. The van der Waals surface area contributed by atoms with E-state index in [0.717, 1.165) is 70.1 Å². The van der Waals surface area contributed by atoms with Gasteiger partial charge >= 0.3 is 6.09 Å². The van der Waals surface area contributed by atoms with Crippen LogP contribution >= 0.6 is 0 Å². The average Bonchev–Trinajstić information content (AvgIpc) is 2.85. The summed E-state index contributed by atoms with van der Waals surface area (Å²) in [5.74, 6) is 1.14. The Morgan fingerprint density at radius 2 is 2.06 bits per heavy atom. The Balaban J connectivity index is 1.19. The largest absolute Gasteiger partial charge is 0.449 e. The Labute approximate surface area is 213 Å². The molecule has 36 heavy (non-hydrogen) atoms. The zero-order valence-corrected chi connectivity index (χ0v) is 21.3. The van der Waals surface area contributed by atoms with Crippen molar-refractivity contribution in [2.24, 2.45) is 23.2 Å². The van der Waals surface area contributed by atoms with Crippen LogP contribution in [0.1, 0.15) is 64.7 Å². The second kappa shape index (κ2) is 10.3. The minimum absolute atomic E-state index is 0.112. The molecule has 6 rings (SSSR count). The van der Waals surface area contributed by atoms with Crippen molar-refractivity contribution in [1.29, 1.82) is 0 Å². The highest BCUT2D eigenvalue weighted by atomic mass is 19.1. The molecule has 5 aliphatic rings. The number of ether oxygens (including phenoxy) is 1. The van der Waals surface area contributed by atoms with E-state index in [-0.39, 0.29) is 11.6 Å². The monoisotopic (exact) mass is 501 g/mol. The molecule has 4 saturated carbocycles. The van der Waals surface area contributed by atoms with Gasteiger partial charge in [0.25, 0.3) is 0 Å². The van der Waals surface area contributed by atoms with Gasteiger partial charge in [0.15, 0.2) is 0 Å². The van der Waals surface area contributed by atoms with Crippen LogP contribution in [0.4, 0.5) is 20.6 Å². The first-order chi connectivity index (χ1) is 17.3. The third-order valence-corrected chi connectivity index (χ3v) is 9.18. The molecule has 0 spiro atoms. The predicted octanol–water partition coefficient (Wildman–Crippen LogP) is 4.49. The van der Waals surface area contributed by atoms with Crippen molar-refractivity contribution >= 4 is 23.8 Å². The highest BCUT2D eigenvalue weighted by molar-refractivity contribution is 5.85. The first kappa shape index (κ1) is 25.5. The van der Waals surface area contributed by atoms with E-state index in [2.05, 4.69) is 10.6 Å². The number of piperidine rings is 1. The van der Waals surface area contributed by atoms with Crippen LogP contribution in [-0.2, 0) is 9.53 Å². The molecule has 5 fully saturated rings. The fourth-order valence-corrected chi connectivity index (χ4v) is 7.71. The van der Waals surface area contributed by atoms with E-state index in [4.69, 9.17) is 4.74 Å². The number of aliphatic hydroxyl groups is 1. The number of anilines is 2. The summed E-state index contributed by atoms with van der Waals surface area (Å²) in [4.78, 5) is 26.1. The summed E-state index contributed by atoms with van der Waals surface area (Å²) >= 11 is 0. The van der Waals surface area contributed by atoms with Crippen LogP contribution in [0, 0.1) is 29.0 Å². The van der Waals surface area contributed by atoms with Gasteiger partial charge in [-0.05, 0) is 100 Å². The number of nitrogens with one attached hydrogen (secondary N) is 2. The smallest absolute Gasteiger partial charge is 0.411 e. The fraction of sp³-hybridized carbons (Fsp3) is 0.714. The van der Waals surface area contributed by atoms with Crippen molar-refractivity contribution in [3.05, 3.63) is 24.0 Å². The molecule has 3 unspecified atom stereocenters.